The Morgan fingerprint density at radius 1 is 1.09 bits per heavy atom. The van der Waals surface area contributed by atoms with Crippen LogP contribution in [0.2, 0.25) is 5.02 Å². The molecule has 0 aliphatic heterocycles. The van der Waals surface area contributed by atoms with E-state index < -0.39 is 0 Å². The summed E-state index contributed by atoms with van der Waals surface area (Å²) >= 11 is 5.99. The molecule has 112 valence electrons. The topological polar surface area (TPSA) is 68.0 Å². The van der Waals surface area contributed by atoms with Gasteiger partial charge in [0.25, 0.3) is 5.91 Å². The SMILES string of the molecule is NNC(=O)c1cccc(C#Cc2cnc3ccc(Cl)cc3c2)c1. The molecule has 23 heavy (non-hydrogen) atoms. The highest BCUT2D eigenvalue weighted by Gasteiger charge is 2.02. The Balaban J connectivity index is 1.93. The number of nitrogens with one attached hydrogen (secondary N) is 1. The van der Waals surface area contributed by atoms with Crippen molar-refractivity contribution < 1.29 is 4.79 Å². The van der Waals surface area contributed by atoms with Crippen LogP contribution in [0.3, 0.4) is 0 Å². The molecule has 4 nitrogen and oxygen atoms in total. The van der Waals surface area contributed by atoms with E-state index in [1.54, 1.807) is 30.5 Å². The van der Waals surface area contributed by atoms with Gasteiger partial charge in [0.15, 0.2) is 0 Å². The fourth-order valence-corrected chi connectivity index (χ4v) is 2.32. The summed E-state index contributed by atoms with van der Waals surface area (Å²) in [5.41, 5.74) is 4.91. The fourth-order valence-electron chi connectivity index (χ4n) is 2.14. The number of hydrazine groups is 1. The number of carbonyl (C=O) groups is 1. The second-order valence-electron chi connectivity index (χ2n) is 4.87. The Morgan fingerprint density at radius 2 is 1.91 bits per heavy atom. The van der Waals surface area contributed by atoms with Crippen molar-refractivity contribution in [3.8, 4) is 11.8 Å². The molecule has 0 aliphatic rings. The van der Waals surface area contributed by atoms with Gasteiger partial charge in [0.1, 0.15) is 0 Å². The van der Waals surface area contributed by atoms with Gasteiger partial charge in [-0.2, -0.15) is 0 Å². The third-order valence-corrected chi connectivity index (χ3v) is 3.49. The molecule has 0 aliphatic carbocycles. The zero-order valence-corrected chi connectivity index (χ0v) is 12.8. The monoisotopic (exact) mass is 321 g/mol. The van der Waals surface area contributed by atoms with Gasteiger partial charge in [0.2, 0.25) is 0 Å². The largest absolute Gasteiger partial charge is 0.290 e. The number of halogens is 1. The quantitative estimate of drug-likeness (QED) is 0.313. The Hall–Kier alpha value is -2.87. The highest BCUT2D eigenvalue weighted by atomic mass is 35.5. The van der Waals surface area contributed by atoms with Gasteiger partial charge in [-0.15, -0.1) is 0 Å². The number of nitrogens with two attached hydrogens (primary N) is 1. The van der Waals surface area contributed by atoms with Crippen molar-refractivity contribution in [2.75, 3.05) is 0 Å². The molecule has 0 radical (unpaired) electrons. The van der Waals surface area contributed by atoms with Crippen LogP contribution in [-0.4, -0.2) is 10.9 Å². The minimum atomic E-state index is -0.351. The van der Waals surface area contributed by atoms with Gasteiger partial charge < -0.3 is 0 Å². The van der Waals surface area contributed by atoms with Crippen molar-refractivity contribution >= 4 is 28.4 Å². The van der Waals surface area contributed by atoms with Crippen molar-refractivity contribution in [3.63, 3.8) is 0 Å². The van der Waals surface area contributed by atoms with E-state index in [0.29, 0.717) is 10.6 Å². The van der Waals surface area contributed by atoms with Crippen molar-refractivity contribution in [2.24, 2.45) is 5.84 Å². The smallest absolute Gasteiger partial charge is 0.265 e. The number of pyridine rings is 1. The van der Waals surface area contributed by atoms with Crippen molar-refractivity contribution in [1.29, 1.82) is 0 Å². The third kappa shape index (κ3) is 3.49. The lowest BCUT2D eigenvalue weighted by Crippen LogP contribution is -2.29. The summed E-state index contributed by atoms with van der Waals surface area (Å²) in [5, 5.41) is 1.59. The zero-order valence-electron chi connectivity index (χ0n) is 12.0. The van der Waals surface area contributed by atoms with Crippen LogP contribution in [-0.2, 0) is 0 Å². The number of rotatable bonds is 1. The summed E-state index contributed by atoms with van der Waals surface area (Å²) in [6.45, 7) is 0. The van der Waals surface area contributed by atoms with E-state index in [2.05, 4.69) is 22.3 Å². The second-order valence-corrected chi connectivity index (χ2v) is 5.30. The third-order valence-electron chi connectivity index (χ3n) is 3.25. The maximum Gasteiger partial charge on any atom is 0.265 e. The van der Waals surface area contributed by atoms with Crippen LogP contribution in [0.25, 0.3) is 10.9 Å². The highest BCUT2D eigenvalue weighted by molar-refractivity contribution is 6.31. The average Bonchev–Trinajstić information content (AvgIpc) is 2.59. The Bertz CT molecular complexity index is 957. The second kappa shape index (κ2) is 6.49. The van der Waals surface area contributed by atoms with E-state index in [9.17, 15) is 4.79 Å². The standard InChI is InChI=1S/C18H12ClN3O/c19-16-6-7-17-15(10-16)9-13(11-21-17)5-4-12-2-1-3-14(8-12)18(23)22-20/h1-3,6-11H,20H2,(H,22,23). The van der Waals surface area contributed by atoms with E-state index in [0.717, 1.165) is 22.0 Å². The van der Waals surface area contributed by atoms with Gasteiger partial charge in [0, 0.05) is 33.3 Å². The first-order valence-electron chi connectivity index (χ1n) is 6.84. The van der Waals surface area contributed by atoms with E-state index in [-0.39, 0.29) is 5.91 Å². The normalized spacial score (nSPS) is 10.0. The van der Waals surface area contributed by atoms with Gasteiger partial charge in [-0.05, 0) is 42.5 Å². The molecule has 0 bridgehead atoms. The Labute approximate surface area is 138 Å². The zero-order chi connectivity index (χ0) is 16.2. The molecule has 0 saturated carbocycles. The molecule has 2 aromatic carbocycles. The summed E-state index contributed by atoms with van der Waals surface area (Å²) in [5.74, 6) is 10.8. The number of fused-ring (bicyclic) bond motifs is 1. The van der Waals surface area contributed by atoms with E-state index in [4.69, 9.17) is 17.4 Å². The number of nitrogen functional groups attached to an aromatic ring is 1. The predicted octanol–water partition coefficient (Wildman–Crippen LogP) is 2.89. The predicted molar refractivity (Wildman–Crippen MR) is 90.8 cm³/mol. The van der Waals surface area contributed by atoms with Gasteiger partial charge in [0.05, 0.1) is 5.52 Å². The number of hydrogen-bond acceptors (Lipinski definition) is 3. The molecule has 0 unspecified atom stereocenters. The summed E-state index contributed by atoms with van der Waals surface area (Å²) < 4.78 is 0. The van der Waals surface area contributed by atoms with E-state index in [1.807, 2.05) is 24.3 Å². The fraction of sp³-hybridized carbons (Fsp3) is 0. The number of carbonyl (C=O) groups excluding carboxylic acids is 1. The first kappa shape index (κ1) is 15.0. The molecule has 3 aromatic rings. The maximum atomic E-state index is 11.5. The summed E-state index contributed by atoms with van der Waals surface area (Å²) in [6.07, 6.45) is 1.71. The molecule has 3 rings (SSSR count). The molecule has 1 amide bonds. The number of benzene rings is 2. The number of aromatic nitrogens is 1. The molecule has 0 fully saturated rings. The molecular weight excluding hydrogens is 310 g/mol. The Morgan fingerprint density at radius 3 is 2.74 bits per heavy atom. The molecule has 0 saturated heterocycles. The Kier molecular flexibility index (Phi) is 4.24. The van der Waals surface area contributed by atoms with Crippen molar-refractivity contribution in [1.82, 2.24) is 10.4 Å². The molecule has 0 atom stereocenters. The number of nitrogens with zero attached hydrogens (tertiary/aromatic N) is 1. The lowest BCUT2D eigenvalue weighted by Gasteiger charge is -2.00. The lowest BCUT2D eigenvalue weighted by atomic mass is 10.1. The number of hydrogen-bond donors (Lipinski definition) is 2. The molecule has 3 N–H and O–H groups in total. The van der Waals surface area contributed by atoms with Crippen LogP contribution in [0.5, 0.6) is 0 Å². The van der Waals surface area contributed by atoms with Crippen LogP contribution < -0.4 is 11.3 Å². The van der Waals surface area contributed by atoms with Crippen LogP contribution in [0.15, 0.2) is 54.7 Å². The van der Waals surface area contributed by atoms with Crippen molar-refractivity contribution in [2.45, 2.75) is 0 Å². The molecular formula is C18H12ClN3O. The molecule has 1 heterocycles. The van der Waals surface area contributed by atoms with Gasteiger partial charge >= 0.3 is 0 Å². The van der Waals surface area contributed by atoms with Gasteiger partial charge in [-0.1, -0.05) is 29.5 Å². The maximum absolute atomic E-state index is 11.5. The summed E-state index contributed by atoms with van der Waals surface area (Å²) in [6, 6.07) is 14.4. The number of amides is 1. The first-order chi connectivity index (χ1) is 11.2. The first-order valence-corrected chi connectivity index (χ1v) is 7.22. The molecule has 5 heteroatoms. The van der Waals surface area contributed by atoms with E-state index in [1.165, 1.54) is 0 Å². The molecule has 1 aromatic heterocycles. The highest BCUT2D eigenvalue weighted by Crippen LogP contribution is 2.18. The molecule has 0 spiro atoms. The van der Waals surface area contributed by atoms with Crippen LogP contribution in [0.1, 0.15) is 21.5 Å². The minimum Gasteiger partial charge on any atom is -0.290 e. The van der Waals surface area contributed by atoms with Crippen LogP contribution in [0.4, 0.5) is 0 Å². The van der Waals surface area contributed by atoms with Crippen LogP contribution >= 0.6 is 11.6 Å². The lowest BCUT2D eigenvalue weighted by molar-refractivity contribution is 0.0953. The van der Waals surface area contributed by atoms with Gasteiger partial charge in [-0.3, -0.25) is 15.2 Å². The summed E-state index contributed by atoms with van der Waals surface area (Å²) in [4.78, 5) is 15.9. The minimum absolute atomic E-state index is 0.351. The van der Waals surface area contributed by atoms with E-state index >= 15 is 0 Å². The summed E-state index contributed by atoms with van der Waals surface area (Å²) in [7, 11) is 0. The van der Waals surface area contributed by atoms with Gasteiger partial charge in [-0.25, -0.2) is 5.84 Å². The van der Waals surface area contributed by atoms with Crippen LogP contribution in [0, 0.1) is 11.8 Å². The average molecular weight is 322 g/mol. The van der Waals surface area contributed by atoms with Crippen molar-refractivity contribution in [3.05, 3.63) is 76.4 Å².